The summed E-state index contributed by atoms with van der Waals surface area (Å²) in [6, 6.07) is 6.44. The third-order valence-corrected chi connectivity index (χ3v) is 3.20. The zero-order chi connectivity index (χ0) is 14.0. The molecular formula is C15H20N2O2. The lowest BCUT2D eigenvalue weighted by Crippen LogP contribution is -1.98. The molecule has 1 aromatic carbocycles. The number of anilines is 1. The van der Waals surface area contributed by atoms with Crippen LogP contribution in [0.4, 0.5) is 6.01 Å². The van der Waals surface area contributed by atoms with Crippen LogP contribution in [0.15, 0.2) is 22.6 Å². The van der Waals surface area contributed by atoms with E-state index in [9.17, 15) is 0 Å². The number of oxazole rings is 1. The van der Waals surface area contributed by atoms with Crippen LogP contribution in [0.1, 0.15) is 42.3 Å². The molecule has 2 N–H and O–H groups in total. The number of methoxy groups -OCH3 is 1. The lowest BCUT2D eigenvalue weighted by atomic mass is 9.97. The molecular weight excluding hydrogens is 240 g/mol. The van der Waals surface area contributed by atoms with Gasteiger partial charge < -0.3 is 14.9 Å². The Hall–Kier alpha value is -1.97. The second-order valence-corrected chi connectivity index (χ2v) is 4.96. The van der Waals surface area contributed by atoms with Gasteiger partial charge in [0.25, 0.3) is 6.01 Å². The van der Waals surface area contributed by atoms with Crippen LogP contribution in [0.25, 0.3) is 0 Å². The Balaban J connectivity index is 2.31. The average Bonchev–Trinajstić information content (AvgIpc) is 2.67. The number of aryl methyl sites for hydroxylation is 1. The maximum Gasteiger partial charge on any atom is 0.292 e. The molecule has 2 aromatic rings. The van der Waals surface area contributed by atoms with Gasteiger partial charge in [0.15, 0.2) is 0 Å². The first-order valence-corrected chi connectivity index (χ1v) is 6.40. The molecule has 0 aliphatic carbocycles. The number of hydrogen-bond donors (Lipinski definition) is 1. The van der Waals surface area contributed by atoms with Crippen molar-refractivity contribution in [2.24, 2.45) is 0 Å². The Morgan fingerprint density at radius 3 is 2.63 bits per heavy atom. The van der Waals surface area contributed by atoms with E-state index in [1.54, 1.807) is 7.11 Å². The Labute approximate surface area is 113 Å². The number of aromatic nitrogens is 1. The number of nitrogen functional groups attached to an aromatic ring is 1. The fourth-order valence-electron chi connectivity index (χ4n) is 2.15. The first kappa shape index (κ1) is 13.5. The first-order valence-electron chi connectivity index (χ1n) is 6.40. The molecule has 0 saturated heterocycles. The SMILES string of the molecule is COc1ccc(Cc2nc(N)oc2C)cc1C(C)C. The molecule has 0 amide bonds. The van der Waals surface area contributed by atoms with Crippen molar-refractivity contribution in [2.75, 3.05) is 12.8 Å². The summed E-state index contributed by atoms with van der Waals surface area (Å²) in [7, 11) is 1.70. The van der Waals surface area contributed by atoms with E-state index < -0.39 is 0 Å². The first-order chi connectivity index (χ1) is 9.01. The molecule has 4 heteroatoms. The summed E-state index contributed by atoms with van der Waals surface area (Å²) in [5, 5.41) is 0. The van der Waals surface area contributed by atoms with Crippen LogP contribution < -0.4 is 10.5 Å². The van der Waals surface area contributed by atoms with Gasteiger partial charge in [-0.2, -0.15) is 4.98 Å². The molecule has 19 heavy (non-hydrogen) atoms. The van der Waals surface area contributed by atoms with Crippen molar-refractivity contribution in [2.45, 2.75) is 33.1 Å². The fourth-order valence-corrected chi connectivity index (χ4v) is 2.15. The van der Waals surface area contributed by atoms with E-state index in [4.69, 9.17) is 14.9 Å². The van der Waals surface area contributed by atoms with Crippen molar-refractivity contribution in [3.05, 3.63) is 40.8 Å². The van der Waals surface area contributed by atoms with Gasteiger partial charge in [0.1, 0.15) is 11.5 Å². The Kier molecular flexibility index (Phi) is 3.79. The molecule has 4 nitrogen and oxygen atoms in total. The molecule has 0 fully saturated rings. The molecule has 1 aromatic heterocycles. The van der Waals surface area contributed by atoms with Crippen LogP contribution in [0, 0.1) is 6.92 Å². The minimum atomic E-state index is 0.227. The molecule has 102 valence electrons. The van der Waals surface area contributed by atoms with E-state index in [0.29, 0.717) is 5.92 Å². The van der Waals surface area contributed by atoms with Gasteiger partial charge in [-0.05, 0) is 30.0 Å². The van der Waals surface area contributed by atoms with Gasteiger partial charge in [-0.25, -0.2) is 0 Å². The van der Waals surface area contributed by atoms with Gasteiger partial charge in [0.2, 0.25) is 0 Å². The summed E-state index contributed by atoms with van der Waals surface area (Å²) < 4.78 is 10.6. The monoisotopic (exact) mass is 260 g/mol. The van der Waals surface area contributed by atoms with Crippen molar-refractivity contribution >= 4 is 6.01 Å². The number of benzene rings is 1. The maximum absolute atomic E-state index is 5.56. The van der Waals surface area contributed by atoms with E-state index >= 15 is 0 Å². The van der Waals surface area contributed by atoms with E-state index in [1.165, 1.54) is 11.1 Å². The molecule has 0 spiro atoms. The molecule has 0 unspecified atom stereocenters. The molecule has 0 saturated carbocycles. The van der Waals surface area contributed by atoms with Crippen molar-refractivity contribution in [1.29, 1.82) is 0 Å². The van der Waals surface area contributed by atoms with Crippen molar-refractivity contribution < 1.29 is 9.15 Å². The fraction of sp³-hybridized carbons (Fsp3) is 0.400. The Bertz CT molecular complexity index is 574. The second kappa shape index (κ2) is 5.34. The summed E-state index contributed by atoms with van der Waals surface area (Å²) in [6.45, 7) is 6.19. The highest BCUT2D eigenvalue weighted by molar-refractivity contribution is 5.40. The van der Waals surface area contributed by atoms with Gasteiger partial charge in [0, 0.05) is 6.42 Å². The number of rotatable bonds is 4. The standard InChI is InChI=1S/C15H20N2O2/c1-9(2)12-7-11(5-6-14(12)18-4)8-13-10(3)19-15(16)17-13/h5-7,9H,8H2,1-4H3,(H2,16,17). The lowest BCUT2D eigenvalue weighted by Gasteiger charge is -2.13. The summed E-state index contributed by atoms with van der Waals surface area (Å²) in [5.74, 6) is 2.12. The van der Waals surface area contributed by atoms with Crippen LogP contribution in [0.5, 0.6) is 5.75 Å². The van der Waals surface area contributed by atoms with Gasteiger partial charge >= 0.3 is 0 Å². The van der Waals surface area contributed by atoms with Gasteiger partial charge in [-0.1, -0.05) is 26.0 Å². The van der Waals surface area contributed by atoms with Gasteiger partial charge in [-0.15, -0.1) is 0 Å². The summed E-state index contributed by atoms with van der Waals surface area (Å²) in [5.41, 5.74) is 8.83. The third-order valence-electron chi connectivity index (χ3n) is 3.20. The molecule has 0 radical (unpaired) electrons. The average molecular weight is 260 g/mol. The molecule has 0 bridgehead atoms. The summed E-state index contributed by atoms with van der Waals surface area (Å²) in [4.78, 5) is 4.20. The van der Waals surface area contributed by atoms with Crippen molar-refractivity contribution in [1.82, 2.24) is 4.98 Å². The minimum Gasteiger partial charge on any atom is -0.496 e. The number of nitrogens with zero attached hydrogens (tertiary/aromatic N) is 1. The number of ether oxygens (including phenoxy) is 1. The number of hydrogen-bond acceptors (Lipinski definition) is 4. The normalized spacial score (nSPS) is 11.0. The predicted molar refractivity (Wildman–Crippen MR) is 75.5 cm³/mol. The largest absolute Gasteiger partial charge is 0.496 e. The van der Waals surface area contributed by atoms with Gasteiger partial charge in [-0.3, -0.25) is 0 Å². The van der Waals surface area contributed by atoms with Gasteiger partial charge in [0.05, 0.1) is 12.8 Å². The zero-order valence-electron chi connectivity index (χ0n) is 11.9. The van der Waals surface area contributed by atoms with Crippen LogP contribution in [-0.4, -0.2) is 12.1 Å². The predicted octanol–water partition coefficient (Wildman–Crippen LogP) is 3.29. The highest BCUT2D eigenvalue weighted by Crippen LogP contribution is 2.28. The molecule has 0 aliphatic rings. The van der Waals surface area contributed by atoms with E-state index in [-0.39, 0.29) is 6.01 Å². The smallest absolute Gasteiger partial charge is 0.292 e. The Morgan fingerprint density at radius 2 is 2.11 bits per heavy atom. The zero-order valence-corrected chi connectivity index (χ0v) is 11.9. The second-order valence-electron chi connectivity index (χ2n) is 4.96. The molecule has 1 heterocycles. The highest BCUT2D eigenvalue weighted by Gasteiger charge is 2.12. The summed E-state index contributed by atoms with van der Waals surface area (Å²) >= 11 is 0. The topological polar surface area (TPSA) is 61.3 Å². The highest BCUT2D eigenvalue weighted by atomic mass is 16.5. The number of nitrogens with two attached hydrogens (primary N) is 1. The van der Waals surface area contributed by atoms with E-state index in [0.717, 1.165) is 23.6 Å². The van der Waals surface area contributed by atoms with Crippen LogP contribution >= 0.6 is 0 Å². The van der Waals surface area contributed by atoms with E-state index in [2.05, 4.69) is 31.0 Å². The van der Waals surface area contributed by atoms with Crippen LogP contribution in [-0.2, 0) is 6.42 Å². The molecule has 0 aliphatic heterocycles. The van der Waals surface area contributed by atoms with E-state index in [1.807, 2.05) is 13.0 Å². The molecule has 0 atom stereocenters. The van der Waals surface area contributed by atoms with Crippen LogP contribution in [0.2, 0.25) is 0 Å². The van der Waals surface area contributed by atoms with Crippen molar-refractivity contribution in [3.63, 3.8) is 0 Å². The summed E-state index contributed by atoms with van der Waals surface area (Å²) in [6.07, 6.45) is 0.718. The minimum absolute atomic E-state index is 0.227. The maximum atomic E-state index is 5.56. The van der Waals surface area contributed by atoms with Crippen molar-refractivity contribution in [3.8, 4) is 5.75 Å². The molecule has 2 rings (SSSR count). The Morgan fingerprint density at radius 1 is 1.37 bits per heavy atom. The van der Waals surface area contributed by atoms with Crippen LogP contribution in [0.3, 0.4) is 0 Å². The quantitative estimate of drug-likeness (QED) is 0.916. The lowest BCUT2D eigenvalue weighted by molar-refractivity contribution is 0.407. The third kappa shape index (κ3) is 2.89.